The van der Waals surface area contributed by atoms with Crippen molar-refractivity contribution in [3.63, 3.8) is 0 Å². The van der Waals surface area contributed by atoms with Gasteiger partial charge in [0.15, 0.2) is 6.61 Å². The molecule has 1 aromatic carbocycles. The molecule has 0 bridgehead atoms. The van der Waals surface area contributed by atoms with Crippen LogP contribution in [0.25, 0.3) is 0 Å². The van der Waals surface area contributed by atoms with E-state index in [4.69, 9.17) is 0 Å². The van der Waals surface area contributed by atoms with Gasteiger partial charge in [0.05, 0.1) is 0 Å². The molecule has 1 aromatic heterocycles. The third kappa shape index (κ3) is 6.37. The number of nitrogens with zero attached hydrogens (tertiary/aromatic N) is 1. The number of hydrogen-bond donors (Lipinski definition) is 3. The van der Waals surface area contributed by atoms with Gasteiger partial charge in [-0.05, 0) is 28.1 Å². The molecule has 12 heteroatoms. The van der Waals surface area contributed by atoms with E-state index in [1.54, 1.807) is 0 Å². The van der Waals surface area contributed by atoms with E-state index >= 15 is 0 Å². The van der Waals surface area contributed by atoms with E-state index in [2.05, 4.69) is 36.3 Å². The smallest absolute Gasteiger partial charge is 0.422 e. The number of ether oxygens (including phenoxy) is 1. The lowest BCUT2D eigenvalue weighted by Gasteiger charge is -2.13. The normalized spacial score (nSPS) is 11.0. The van der Waals surface area contributed by atoms with Crippen LogP contribution in [0.15, 0.2) is 34.9 Å². The number of phenols is 1. The Morgan fingerprint density at radius 2 is 1.93 bits per heavy atom. The van der Waals surface area contributed by atoms with Gasteiger partial charge in [-0.25, -0.2) is 9.37 Å². The van der Waals surface area contributed by atoms with E-state index in [0.717, 1.165) is 18.3 Å². The summed E-state index contributed by atoms with van der Waals surface area (Å²) in [5, 5.41) is 13.8. The fraction of sp³-hybridized carbons (Fsp3) is 0.188. The Bertz CT molecular complexity index is 893. The molecule has 0 atom stereocenters. The quantitative estimate of drug-likeness (QED) is 0.465. The minimum atomic E-state index is -4.62. The van der Waals surface area contributed by atoms with Crippen molar-refractivity contribution in [3.8, 4) is 11.6 Å². The molecule has 1 heterocycles. The van der Waals surface area contributed by atoms with Gasteiger partial charge in [-0.2, -0.15) is 13.2 Å². The summed E-state index contributed by atoms with van der Waals surface area (Å²) in [6.45, 7) is -1.92. The molecule has 0 saturated carbocycles. The SMILES string of the molecule is O=C(NCc1ccc(F)cc1O)C(=O)Nc1cc(Br)cnc1OCC(F)(F)F. The molecule has 2 rings (SSSR count). The average Bonchev–Trinajstić information content (AvgIpc) is 2.59. The number of nitrogens with one attached hydrogen (secondary N) is 2. The van der Waals surface area contributed by atoms with Gasteiger partial charge in [-0.1, -0.05) is 6.07 Å². The van der Waals surface area contributed by atoms with Gasteiger partial charge >= 0.3 is 18.0 Å². The van der Waals surface area contributed by atoms with Gasteiger partial charge < -0.3 is 20.5 Å². The number of halogens is 5. The van der Waals surface area contributed by atoms with Crippen LogP contribution in [0.2, 0.25) is 0 Å². The minimum absolute atomic E-state index is 0.154. The second-order valence-corrected chi connectivity index (χ2v) is 6.24. The second-order valence-electron chi connectivity index (χ2n) is 5.32. The van der Waals surface area contributed by atoms with Crippen molar-refractivity contribution in [2.75, 3.05) is 11.9 Å². The second kappa shape index (κ2) is 8.87. The predicted octanol–water partition coefficient (Wildman–Crippen LogP) is 2.88. The van der Waals surface area contributed by atoms with Gasteiger partial charge in [0.25, 0.3) is 0 Å². The first kappa shape index (κ1) is 21.4. The summed E-state index contributed by atoms with van der Waals surface area (Å²) in [7, 11) is 0. The molecule has 2 aromatic rings. The molecule has 0 saturated heterocycles. The Balaban J connectivity index is 2.02. The van der Waals surface area contributed by atoms with E-state index in [0.29, 0.717) is 4.47 Å². The van der Waals surface area contributed by atoms with E-state index in [9.17, 15) is 32.3 Å². The maximum atomic E-state index is 12.9. The fourth-order valence-electron chi connectivity index (χ4n) is 1.90. The molecule has 0 unspecified atom stereocenters. The summed E-state index contributed by atoms with van der Waals surface area (Å²) in [4.78, 5) is 27.5. The average molecular weight is 466 g/mol. The Kier molecular flexibility index (Phi) is 6.78. The number of amides is 2. The molecule has 0 radical (unpaired) electrons. The number of alkyl halides is 3. The van der Waals surface area contributed by atoms with E-state index in [-0.39, 0.29) is 17.8 Å². The highest BCUT2D eigenvalue weighted by molar-refractivity contribution is 9.10. The first-order chi connectivity index (χ1) is 13.0. The van der Waals surface area contributed by atoms with Crippen LogP contribution < -0.4 is 15.4 Å². The number of rotatable bonds is 5. The first-order valence-electron chi connectivity index (χ1n) is 7.47. The number of phenolic OH excluding ortho intramolecular Hbond substituents is 1. The van der Waals surface area contributed by atoms with E-state index in [1.165, 1.54) is 12.1 Å². The van der Waals surface area contributed by atoms with Crippen molar-refractivity contribution in [1.82, 2.24) is 10.3 Å². The molecule has 0 aliphatic heterocycles. The molecule has 3 N–H and O–H groups in total. The first-order valence-corrected chi connectivity index (χ1v) is 8.26. The third-order valence-electron chi connectivity index (χ3n) is 3.13. The van der Waals surface area contributed by atoms with Crippen molar-refractivity contribution in [2.45, 2.75) is 12.7 Å². The Hall–Kier alpha value is -2.89. The maximum absolute atomic E-state index is 12.9. The highest BCUT2D eigenvalue weighted by Gasteiger charge is 2.29. The monoisotopic (exact) mass is 465 g/mol. The van der Waals surface area contributed by atoms with Crippen molar-refractivity contribution < 1.29 is 37.0 Å². The molecule has 7 nitrogen and oxygen atoms in total. The largest absolute Gasteiger partial charge is 0.507 e. The molecular weight excluding hydrogens is 454 g/mol. The number of benzene rings is 1. The van der Waals surface area contributed by atoms with Crippen molar-refractivity contribution in [2.24, 2.45) is 0 Å². The molecule has 0 fully saturated rings. The van der Waals surface area contributed by atoms with Crippen LogP contribution in [0.5, 0.6) is 11.6 Å². The zero-order chi connectivity index (χ0) is 20.9. The van der Waals surface area contributed by atoms with Gasteiger partial charge in [0, 0.05) is 28.8 Å². The summed E-state index contributed by atoms with van der Waals surface area (Å²) >= 11 is 3.04. The van der Waals surface area contributed by atoms with Gasteiger partial charge in [-0.15, -0.1) is 0 Å². The lowest BCUT2D eigenvalue weighted by atomic mass is 10.2. The lowest BCUT2D eigenvalue weighted by molar-refractivity contribution is -0.154. The number of anilines is 1. The van der Waals surface area contributed by atoms with Gasteiger partial charge in [-0.3, -0.25) is 9.59 Å². The van der Waals surface area contributed by atoms with Crippen LogP contribution in [0.4, 0.5) is 23.2 Å². The van der Waals surface area contributed by atoms with Crippen LogP contribution in [-0.4, -0.2) is 34.7 Å². The number of aromatic nitrogens is 1. The summed E-state index contributed by atoms with van der Waals surface area (Å²) in [5.74, 6) is -3.99. The predicted molar refractivity (Wildman–Crippen MR) is 92.0 cm³/mol. The van der Waals surface area contributed by atoms with Crippen molar-refractivity contribution >= 4 is 33.4 Å². The fourth-order valence-corrected chi connectivity index (χ4v) is 2.23. The lowest BCUT2D eigenvalue weighted by Crippen LogP contribution is -2.35. The molecule has 0 spiro atoms. The molecule has 2 amide bonds. The minimum Gasteiger partial charge on any atom is -0.507 e. The Morgan fingerprint density at radius 1 is 1.21 bits per heavy atom. The number of hydrogen-bond acceptors (Lipinski definition) is 5. The third-order valence-corrected chi connectivity index (χ3v) is 3.57. The maximum Gasteiger partial charge on any atom is 0.422 e. The van der Waals surface area contributed by atoms with Crippen LogP contribution in [0.3, 0.4) is 0 Å². The van der Waals surface area contributed by atoms with Gasteiger partial charge in [0.2, 0.25) is 5.88 Å². The standard InChI is InChI=1S/C16H12BrF4N3O4/c17-9-3-11(15(23-6-9)28-7-16(19,20)21)24-14(27)13(26)22-5-8-1-2-10(18)4-12(8)25/h1-4,6,25H,5,7H2,(H,22,26)(H,24,27). The number of aromatic hydroxyl groups is 1. The van der Waals surface area contributed by atoms with Crippen LogP contribution in [-0.2, 0) is 16.1 Å². The van der Waals surface area contributed by atoms with Crippen LogP contribution >= 0.6 is 15.9 Å². The number of carbonyl (C=O) groups is 2. The molecule has 0 aliphatic rings. The summed E-state index contributed by atoms with van der Waals surface area (Å²) in [5.41, 5.74) is -0.107. The van der Waals surface area contributed by atoms with Crippen LogP contribution in [0.1, 0.15) is 5.56 Å². The van der Waals surface area contributed by atoms with Crippen molar-refractivity contribution in [1.29, 1.82) is 0 Å². The molecule has 150 valence electrons. The summed E-state index contributed by atoms with van der Waals surface area (Å²) in [6, 6.07) is 4.30. The Morgan fingerprint density at radius 3 is 2.57 bits per heavy atom. The molecular formula is C16H12BrF4N3O4. The van der Waals surface area contributed by atoms with E-state index < -0.39 is 42.0 Å². The molecule has 0 aliphatic carbocycles. The van der Waals surface area contributed by atoms with Crippen LogP contribution in [0, 0.1) is 5.82 Å². The number of carbonyl (C=O) groups excluding carboxylic acids is 2. The van der Waals surface area contributed by atoms with E-state index in [1.807, 2.05) is 0 Å². The topological polar surface area (TPSA) is 101 Å². The highest BCUT2D eigenvalue weighted by atomic mass is 79.9. The highest BCUT2D eigenvalue weighted by Crippen LogP contribution is 2.27. The number of pyridine rings is 1. The summed E-state index contributed by atoms with van der Waals surface area (Å²) < 4.78 is 54.7. The van der Waals surface area contributed by atoms with Crippen molar-refractivity contribution in [3.05, 3.63) is 46.3 Å². The zero-order valence-corrected chi connectivity index (χ0v) is 15.4. The van der Waals surface area contributed by atoms with Gasteiger partial charge in [0.1, 0.15) is 17.3 Å². The molecule has 28 heavy (non-hydrogen) atoms. The zero-order valence-electron chi connectivity index (χ0n) is 13.8. The Labute approximate surface area is 163 Å². The summed E-state index contributed by atoms with van der Waals surface area (Å²) in [6.07, 6.45) is -3.47.